The van der Waals surface area contributed by atoms with Crippen LogP contribution in [-0.4, -0.2) is 14.1 Å². The van der Waals surface area contributed by atoms with E-state index in [1.807, 2.05) is 44.1 Å². The highest BCUT2D eigenvalue weighted by Gasteiger charge is 2.00. The summed E-state index contributed by atoms with van der Waals surface area (Å²) in [7, 11) is 3.95. The first kappa shape index (κ1) is 8.61. The normalized spacial score (nSPS) is 9.17. The summed E-state index contributed by atoms with van der Waals surface area (Å²) in [5, 5.41) is 8.67. The van der Waals surface area contributed by atoms with E-state index >= 15 is 0 Å². The van der Waals surface area contributed by atoms with Crippen molar-refractivity contribution in [1.29, 1.82) is 5.26 Å². The quantitative estimate of drug-likeness (QED) is 0.627. The molecular formula is C10H12N2. The highest BCUT2D eigenvalue weighted by atomic mass is 15.1. The average Bonchev–Trinajstić information content (AvgIpc) is 2.05. The van der Waals surface area contributed by atoms with Crippen molar-refractivity contribution in [2.75, 3.05) is 19.0 Å². The molecule has 1 aromatic rings. The molecule has 2 heteroatoms. The van der Waals surface area contributed by atoms with Crippen molar-refractivity contribution in [1.82, 2.24) is 0 Å². The maximum absolute atomic E-state index is 8.67. The monoisotopic (exact) mass is 160 g/mol. The van der Waals surface area contributed by atoms with Crippen LogP contribution in [0.1, 0.15) is 11.1 Å². The van der Waals surface area contributed by atoms with Gasteiger partial charge in [0.05, 0.1) is 11.6 Å². The Morgan fingerprint density at radius 3 is 2.50 bits per heavy atom. The van der Waals surface area contributed by atoms with Crippen molar-refractivity contribution in [3.05, 3.63) is 29.3 Å². The molecule has 0 radical (unpaired) electrons. The van der Waals surface area contributed by atoms with E-state index in [4.69, 9.17) is 5.26 Å². The van der Waals surface area contributed by atoms with E-state index in [1.54, 1.807) is 0 Å². The van der Waals surface area contributed by atoms with Gasteiger partial charge in [-0.25, -0.2) is 0 Å². The van der Waals surface area contributed by atoms with E-state index in [2.05, 4.69) is 6.07 Å². The highest BCUT2D eigenvalue weighted by Crippen LogP contribution is 2.18. The second kappa shape index (κ2) is 3.27. The number of nitriles is 1. The number of anilines is 1. The van der Waals surface area contributed by atoms with Gasteiger partial charge in [0.25, 0.3) is 0 Å². The molecule has 12 heavy (non-hydrogen) atoms. The minimum absolute atomic E-state index is 0.712. The molecule has 62 valence electrons. The Morgan fingerprint density at radius 2 is 2.00 bits per heavy atom. The van der Waals surface area contributed by atoms with Gasteiger partial charge < -0.3 is 4.90 Å². The lowest BCUT2D eigenvalue weighted by Crippen LogP contribution is -2.10. The smallest absolute Gasteiger partial charge is 0.0992 e. The minimum atomic E-state index is 0.712. The van der Waals surface area contributed by atoms with Crippen LogP contribution in [0.15, 0.2) is 18.2 Å². The van der Waals surface area contributed by atoms with Gasteiger partial charge in [-0.3, -0.25) is 0 Å². The van der Waals surface area contributed by atoms with Crippen molar-refractivity contribution in [3.8, 4) is 6.07 Å². The van der Waals surface area contributed by atoms with Crippen LogP contribution < -0.4 is 4.90 Å². The van der Waals surface area contributed by atoms with Crippen molar-refractivity contribution in [2.24, 2.45) is 0 Å². The summed E-state index contributed by atoms with van der Waals surface area (Å²) in [5.74, 6) is 0. The summed E-state index contributed by atoms with van der Waals surface area (Å²) in [6.45, 7) is 2.04. The molecule has 0 aliphatic heterocycles. The van der Waals surface area contributed by atoms with Crippen LogP contribution in [0.2, 0.25) is 0 Å². The molecule has 0 aliphatic rings. The first-order valence-corrected chi connectivity index (χ1v) is 3.83. The Balaban J connectivity index is 3.19. The van der Waals surface area contributed by atoms with Crippen LogP contribution in [-0.2, 0) is 0 Å². The molecule has 0 aliphatic carbocycles. The summed E-state index contributed by atoms with van der Waals surface area (Å²) in [6.07, 6.45) is 0. The number of rotatable bonds is 1. The fourth-order valence-electron chi connectivity index (χ4n) is 1.16. The zero-order valence-corrected chi connectivity index (χ0v) is 7.63. The van der Waals surface area contributed by atoms with E-state index in [9.17, 15) is 0 Å². The van der Waals surface area contributed by atoms with E-state index in [1.165, 1.54) is 5.56 Å². The number of nitrogens with zero attached hydrogens (tertiary/aromatic N) is 2. The number of benzene rings is 1. The summed E-state index contributed by atoms with van der Waals surface area (Å²) in [4.78, 5) is 2.01. The molecule has 0 atom stereocenters. The Kier molecular flexibility index (Phi) is 2.35. The summed E-state index contributed by atoms with van der Waals surface area (Å²) < 4.78 is 0. The molecule has 0 heterocycles. The predicted octanol–water partition coefficient (Wildman–Crippen LogP) is 1.93. The maximum atomic E-state index is 8.67. The van der Waals surface area contributed by atoms with Crippen molar-refractivity contribution in [3.63, 3.8) is 0 Å². The Hall–Kier alpha value is -1.49. The Labute approximate surface area is 73.0 Å². The molecule has 0 unspecified atom stereocenters. The molecule has 1 aromatic carbocycles. The van der Waals surface area contributed by atoms with E-state index in [-0.39, 0.29) is 0 Å². The first-order chi connectivity index (χ1) is 5.65. The molecular weight excluding hydrogens is 148 g/mol. The molecule has 0 bridgehead atoms. The molecule has 0 amide bonds. The SMILES string of the molecule is Cc1ccc(C#N)cc1N(C)C. The lowest BCUT2D eigenvalue weighted by atomic mass is 10.1. The zero-order valence-electron chi connectivity index (χ0n) is 7.63. The van der Waals surface area contributed by atoms with E-state index in [0.717, 1.165) is 5.69 Å². The van der Waals surface area contributed by atoms with Gasteiger partial charge in [-0.15, -0.1) is 0 Å². The van der Waals surface area contributed by atoms with Crippen molar-refractivity contribution >= 4 is 5.69 Å². The number of aryl methyl sites for hydroxylation is 1. The van der Waals surface area contributed by atoms with Gasteiger partial charge in [0, 0.05) is 19.8 Å². The van der Waals surface area contributed by atoms with Crippen LogP contribution in [0, 0.1) is 18.3 Å². The average molecular weight is 160 g/mol. The van der Waals surface area contributed by atoms with Gasteiger partial charge >= 0.3 is 0 Å². The van der Waals surface area contributed by atoms with Gasteiger partial charge in [-0.1, -0.05) is 6.07 Å². The first-order valence-electron chi connectivity index (χ1n) is 3.83. The maximum Gasteiger partial charge on any atom is 0.0992 e. The lowest BCUT2D eigenvalue weighted by molar-refractivity contribution is 1.11. The third kappa shape index (κ3) is 1.57. The van der Waals surface area contributed by atoms with Crippen molar-refractivity contribution < 1.29 is 0 Å². The van der Waals surface area contributed by atoms with Crippen molar-refractivity contribution in [2.45, 2.75) is 6.92 Å². The number of hydrogen-bond acceptors (Lipinski definition) is 2. The summed E-state index contributed by atoms with van der Waals surface area (Å²) in [5.41, 5.74) is 3.01. The van der Waals surface area contributed by atoms with Gasteiger partial charge in [-0.2, -0.15) is 5.26 Å². The van der Waals surface area contributed by atoms with Crippen LogP contribution in [0.4, 0.5) is 5.69 Å². The van der Waals surface area contributed by atoms with E-state index < -0.39 is 0 Å². The summed E-state index contributed by atoms with van der Waals surface area (Å²) in [6, 6.07) is 7.82. The second-order valence-electron chi connectivity index (χ2n) is 3.01. The predicted molar refractivity (Wildman–Crippen MR) is 50.2 cm³/mol. The van der Waals surface area contributed by atoms with Crippen LogP contribution in [0.3, 0.4) is 0 Å². The fourth-order valence-corrected chi connectivity index (χ4v) is 1.16. The van der Waals surface area contributed by atoms with Crippen LogP contribution in [0.25, 0.3) is 0 Å². The molecule has 0 aromatic heterocycles. The molecule has 0 saturated carbocycles. The van der Waals surface area contributed by atoms with Crippen LogP contribution in [0.5, 0.6) is 0 Å². The molecule has 0 spiro atoms. The molecule has 0 fully saturated rings. The van der Waals surface area contributed by atoms with E-state index in [0.29, 0.717) is 5.56 Å². The summed E-state index contributed by atoms with van der Waals surface area (Å²) >= 11 is 0. The topological polar surface area (TPSA) is 27.0 Å². The molecule has 1 rings (SSSR count). The van der Waals surface area contributed by atoms with Gasteiger partial charge in [0.15, 0.2) is 0 Å². The third-order valence-electron chi connectivity index (χ3n) is 1.82. The number of hydrogen-bond donors (Lipinski definition) is 0. The zero-order chi connectivity index (χ0) is 9.14. The molecule has 0 saturated heterocycles. The largest absolute Gasteiger partial charge is 0.377 e. The molecule has 2 nitrogen and oxygen atoms in total. The Bertz CT molecular complexity index is 321. The molecule has 0 N–H and O–H groups in total. The third-order valence-corrected chi connectivity index (χ3v) is 1.82. The lowest BCUT2D eigenvalue weighted by Gasteiger charge is -2.15. The Morgan fingerprint density at radius 1 is 1.33 bits per heavy atom. The fraction of sp³-hybridized carbons (Fsp3) is 0.300. The van der Waals surface area contributed by atoms with Crippen LogP contribution >= 0.6 is 0 Å². The minimum Gasteiger partial charge on any atom is -0.377 e. The second-order valence-corrected chi connectivity index (χ2v) is 3.01. The highest BCUT2D eigenvalue weighted by molar-refractivity contribution is 5.56. The standard InChI is InChI=1S/C10H12N2/c1-8-4-5-9(7-11)6-10(8)12(2)3/h4-6H,1-3H3. The van der Waals surface area contributed by atoms with Gasteiger partial charge in [-0.05, 0) is 24.6 Å². The van der Waals surface area contributed by atoms with Gasteiger partial charge in [0.1, 0.15) is 0 Å². The van der Waals surface area contributed by atoms with Gasteiger partial charge in [0.2, 0.25) is 0 Å².